The highest BCUT2D eigenvalue weighted by atomic mass is 35.5. The molecule has 0 aliphatic carbocycles. The van der Waals surface area contributed by atoms with Crippen LogP contribution in [0, 0.1) is 0 Å². The minimum absolute atomic E-state index is 0.132. The first kappa shape index (κ1) is 17.0. The molecule has 1 amide bonds. The summed E-state index contributed by atoms with van der Waals surface area (Å²) in [5, 5.41) is 4.76. The smallest absolute Gasteiger partial charge is 0.231 e. The first-order chi connectivity index (χ1) is 11.5. The maximum absolute atomic E-state index is 12.2. The Hall–Kier alpha value is -1.88. The molecule has 1 aromatic heterocycles. The van der Waals surface area contributed by atoms with Gasteiger partial charge < -0.3 is 9.42 Å². The molecule has 1 aromatic carbocycles. The van der Waals surface area contributed by atoms with Gasteiger partial charge in [0.05, 0.1) is 5.92 Å². The summed E-state index contributed by atoms with van der Waals surface area (Å²) in [5.41, 5.74) is 1.18. The number of aromatic nitrogens is 2. The van der Waals surface area contributed by atoms with Crippen molar-refractivity contribution in [2.24, 2.45) is 0 Å². The van der Waals surface area contributed by atoms with Crippen LogP contribution in [-0.4, -0.2) is 34.0 Å². The molecule has 5 nitrogen and oxygen atoms in total. The van der Waals surface area contributed by atoms with Crippen LogP contribution in [0.4, 0.5) is 0 Å². The van der Waals surface area contributed by atoms with Gasteiger partial charge in [-0.2, -0.15) is 4.98 Å². The molecule has 3 rings (SSSR count). The zero-order chi connectivity index (χ0) is 17.1. The molecule has 1 aliphatic heterocycles. The van der Waals surface area contributed by atoms with E-state index in [-0.39, 0.29) is 17.7 Å². The topological polar surface area (TPSA) is 59.2 Å². The summed E-state index contributed by atoms with van der Waals surface area (Å²) in [6.45, 7) is 5.42. The lowest BCUT2D eigenvalue weighted by atomic mass is 9.97. The Balaban J connectivity index is 1.62. The number of carbonyl (C=O) groups excluding carboxylic acids is 1. The number of halogens is 1. The molecule has 1 unspecified atom stereocenters. The van der Waals surface area contributed by atoms with Crippen LogP contribution < -0.4 is 0 Å². The lowest BCUT2D eigenvalue weighted by Gasteiger charge is -2.31. The van der Waals surface area contributed by atoms with Crippen molar-refractivity contribution in [3.63, 3.8) is 0 Å². The molecule has 0 radical (unpaired) electrons. The van der Waals surface area contributed by atoms with E-state index in [1.165, 1.54) is 5.56 Å². The lowest BCUT2D eigenvalue weighted by Crippen LogP contribution is -2.40. The standard InChI is InChI=1S/C18H22ClN3O2/c1-12(2)17-20-18(24-21-17)14-5-8-16(23)22(11-14)10-9-13-3-6-15(19)7-4-13/h3-4,6-7,12,14H,5,8-11H2,1-2H3. The Morgan fingerprint density at radius 1 is 1.33 bits per heavy atom. The van der Waals surface area contributed by atoms with Gasteiger partial charge in [0, 0.05) is 30.5 Å². The summed E-state index contributed by atoms with van der Waals surface area (Å²) in [4.78, 5) is 18.6. The number of benzene rings is 1. The van der Waals surface area contributed by atoms with E-state index in [0.29, 0.717) is 25.4 Å². The van der Waals surface area contributed by atoms with Gasteiger partial charge in [0.25, 0.3) is 0 Å². The zero-order valence-corrected chi connectivity index (χ0v) is 14.8. The van der Waals surface area contributed by atoms with E-state index < -0.39 is 0 Å². The van der Waals surface area contributed by atoms with Crippen molar-refractivity contribution in [2.75, 3.05) is 13.1 Å². The van der Waals surface area contributed by atoms with Crippen molar-refractivity contribution < 1.29 is 9.32 Å². The van der Waals surface area contributed by atoms with Crippen LogP contribution in [0.25, 0.3) is 0 Å². The Morgan fingerprint density at radius 2 is 2.08 bits per heavy atom. The van der Waals surface area contributed by atoms with E-state index in [4.69, 9.17) is 16.1 Å². The zero-order valence-electron chi connectivity index (χ0n) is 14.0. The normalized spacial score (nSPS) is 18.4. The van der Waals surface area contributed by atoms with E-state index in [0.717, 1.165) is 23.7 Å². The molecular formula is C18H22ClN3O2. The summed E-state index contributed by atoms with van der Waals surface area (Å²) in [6.07, 6.45) is 2.12. The average Bonchev–Trinajstić information content (AvgIpc) is 3.06. The van der Waals surface area contributed by atoms with Crippen LogP contribution >= 0.6 is 11.6 Å². The molecule has 0 spiro atoms. The van der Waals surface area contributed by atoms with Crippen LogP contribution in [-0.2, 0) is 11.2 Å². The highest BCUT2D eigenvalue weighted by Crippen LogP contribution is 2.27. The van der Waals surface area contributed by atoms with Crippen molar-refractivity contribution in [1.29, 1.82) is 0 Å². The minimum Gasteiger partial charge on any atom is -0.342 e. The fourth-order valence-corrected chi connectivity index (χ4v) is 3.02. The van der Waals surface area contributed by atoms with Crippen LogP contribution in [0.15, 0.2) is 28.8 Å². The second-order valence-corrected chi connectivity index (χ2v) is 7.03. The average molecular weight is 348 g/mol. The second-order valence-electron chi connectivity index (χ2n) is 6.60. The third kappa shape index (κ3) is 3.96. The van der Waals surface area contributed by atoms with Gasteiger partial charge in [0.15, 0.2) is 5.82 Å². The SMILES string of the molecule is CC(C)c1noc(C2CCC(=O)N(CCc3ccc(Cl)cc3)C2)n1. The van der Waals surface area contributed by atoms with E-state index in [1.54, 1.807) is 0 Å². The minimum atomic E-state index is 0.132. The molecule has 6 heteroatoms. The highest BCUT2D eigenvalue weighted by molar-refractivity contribution is 6.30. The van der Waals surface area contributed by atoms with Gasteiger partial charge in [0.1, 0.15) is 0 Å². The molecule has 0 saturated carbocycles. The molecule has 2 aromatic rings. The largest absolute Gasteiger partial charge is 0.342 e. The van der Waals surface area contributed by atoms with Crippen molar-refractivity contribution in [1.82, 2.24) is 15.0 Å². The first-order valence-electron chi connectivity index (χ1n) is 8.38. The van der Waals surface area contributed by atoms with Gasteiger partial charge in [0.2, 0.25) is 11.8 Å². The quantitative estimate of drug-likeness (QED) is 0.825. The van der Waals surface area contributed by atoms with Gasteiger partial charge in [-0.05, 0) is 30.5 Å². The maximum Gasteiger partial charge on any atom is 0.231 e. The highest BCUT2D eigenvalue weighted by Gasteiger charge is 2.30. The fourth-order valence-electron chi connectivity index (χ4n) is 2.90. The van der Waals surface area contributed by atoms with Gasteiger partial charge in [-0.3, -0.25) is 4.79 Å². The van der Waals surface area contributed by atoms with E-state index in [2.05, 4.69) is 10.1 Å². The van der Waals surface area contributed by atoms with Crippen LogP contribution in [0.3, 0.4) is 0 Å². The number of amides is 1. The third-order valence-corrected chi connectivity index (χ3v) is 4.66. The number of piperidine rings is 1. The Kier molecular flexibility index (Phi) is 5.19. The van der Waals surface area contributed by atoms with Crippen molar-refractivity contribution >= 4 is 17.5 Å². The summed E-state index contributed by atoms with van der Waals surface area (Å²) in [6, 6.07) is 7.76. The summed E-state index contributed by atoms with van der Waals surface area (Å²) < 4.78 is 5.41. The molecule has 0 bridgehead atoms. The number of carbonyl (C=O) groups is 1. The molecule has 24 heavy (non-hydrogen) atoms. The molecular weight excluding hydrogens is 326 g/mol. The predicted molar refractivity (Wildman–Crippen MR) is 92.1 cm³/mol. The van der Waals surface area contributed by atoms with E-state index in [1.807, 2.05) is 43.0 Å². The molecule has 0 N–H and O–H groups in total. The number of likely N-dealkylation sites (tertiary alicyclic amines) is 1. The van der Waals surface area contributed by atoms with E-state index in [9.17, 15) is 4.79 Å². The Labute approximate surface area is 147 Å². The van der Waals surface area contributed by atoms with Gasteiger partial charge in [-0.15, -0.1) is 0 Å². The predicted octanol–water partition coefficient (Wildman–Crippen LogP) is 3.80. The fraction of sp³-hybridized carbons (Fsp3) is 0.500. The summed E-state index contributed by atoms with van der Waals surface area (Å²) >= 11 is 5.91. The molecule has 1 aliphatic rings. The van der Waals surface area contributed by atoms with Gasteiger partial charge >= 0.3 is 0 Å². The van der Waals surface area contributed by atoms with Crippen LogP contribution in [0.1, 0.15) is 55.8 Å². The van der Waals surface area contributed by atoms with Crippen LogP contribution in [0.2, 0.25) is 5.02 Å². The van der Waals surface area contributed by atoms with Crippen LogP contribution in [0.5, 0.6) is 0 Å². The summed E-state index contributed by atoms with van der Waals surface area (Å²) in [7, 11) is 0. The molecule has 1 saturated heterocycles. The maximum atomic E-state index is 12.2. The number of nitrogens with zero attached hydrogens (tertiary/aromatic N) is 3. The molecule has 128 valence electrons. The molecule has 2 heterocycles. The van der Waals surface area contributed by atoms with Gasteiger partial charge in [-0.25, -0.2) is 0 Å². The van der Waals surface area contributed by atoms with Crippen molar-refractivity contribution in [3.05, 3.63) is 46.6 Å². The lowest BCUT2D eigenvalue weighted by molar-refractivity contribution is -0.133. The van der Waals surface area contributed by atoms with Crippen molar-refractivity contribution in [2.45, 2.75) is 44.9 Å². The van der Waals surface area contributed by atoms with E-state index >= 15 is 0 Å². The number of hydrogen-bond acceptors (Lipinski definition) is 4. The third-order valence-electron chi connectivity index (χ3n) is 4.41. The number of hydrogen-bond donors (Lipinski definition) is 0. The van der Waals surface area contributed by atoms with Gasteiger partial charge in [-0.1, -0.05) is 42.7 Å². The van der Waals surface area contributed by atoms with Crippen molar-refractivity contribution in [3.8, 4) is 0 Å². The second kappa shape index (κ2) is 7.34. The Bertz CT molecular complexity index is 697. The number of rotatable bonds is 5. The first-order valence-corrected chi connectivity index (χ1v) is 8.76. The monoisotopic (exact) mass is 347 g/mol. The molecule has 1 atom stereocenters. The summed E-state index contributed by atoms with van der Waals surface area (Å²) in [5.74, 6) is 1.96. The molecule has 1 fully saturated rings. The Morgan fingerprint density at radius 3 is 2.75 bits per heavy atom.